The number of carbonyl (C=O) groups excluding carboxylic acids is 2. The molecule has 21 heavy (non-hydrogen) atoms. The van der Waals surface area contributed by atoms with Crippen LogP contribution in [0.2, 0.25) is 0 Å². The number of urea groups is 1. The maximum atomic E-state index is 11.9. The van der Waals surface area contributed by atoms with Gasteiger partial charge < -0.3 is 15.7 Å². The fourth-order valence-corrected chi connectivity index (χ4v) is 2.27. The Hall–Kier alpha value is -2.90. The molecule has 2 amide bonds. The molecule has 0 fully saturated rings. The van der Waals surface area contributed by atoms with Crippen molar-refractivity contribution in [1.29, 1.82) is 0 Å². The van der Waals surface area contributed by atoms with Crippen molar-refractivity contribution in [3.8, 4) is 5.75 Å². The van der Waals surface area contributed by atoms with E-state index in [2.05, 4.69) is 10.6 Å². The van der Waals surface area contributed by atoms with E-state index in [-0.39, 0.29) is 22.6 Å². The maximum Gasteiger partial charge on any atom is 0.319 e. The van der Waals surface area contributed by atoms with Crippen LogP contribution in [-0.4, -0.2) is 16.7 Å². The van der Waals surface area contributed by atoms with E-state index in [1.165, 1.54) is 13.8 Å². The lowest BCUT2D eigenvalue weighted by molar-refractivity contribution is -0.385. The number of Topliss-reactive ketones (excluding diaryl/α,β-unsaturated/α-hetero) is 1. The molecule has 1 atom stereocenters. The summed E-state index contributed by atoms with van der Waals surface area (Å²) in [5.41, 5.74) is 0.232. The lowest BCUT2D eigenvalue weighted by atomic mass is 9.92. The Morgan fingerprint density at radius 3 is 2.62 bits per heavy atom. The highest BCUT2D eigenvalue weighted by Gasteiger charge is 2.30. The van der Waals surface area contributed by atoms with E-state index in [0.717, 1.165) is 18.2 Å². The maximum absolute atomic E-state index is 11.9. The number of non-ortho nitro benzene ring substituents is 1. The molecule has 0 bridgehead atoms. The predicted octanol–water partition coefficient (Wildman–Crippen LogP) is 0.885. The minimum Gasteiger partial charge on any atom is -0.872 e. The first kappa shape index (κ1) is 14.5. The van der Waals surface area contributed by atoms with Gasteiger partial charge in [-0.3, -0.25) is 14.9 Å². The molecule has 110 valence electrons. The first-order valence-corrected chi connectivity index (χ1v) is 6.06. The van der Waals surface area contributed by atoms with Crippen molar-refractivity contribution in [2.75, 3.05) is 0 Å². The number of amides is 2. The highest BCUT2D eigenvalue weighted by molar-refractivity contribution is 5.98. The zero-order valence-electron chi connectivity index (χ0n) is 11.3. The molecule has 8 heteroatoms. The van der Waals surface area contributed by atoms with Crippen molar-refractivity contribution < 1.29 is 19.6 Å². The average molecular weight is 290 g/mol. The van der Waals surface area contributed by atoms with Crippen LogP contribution < -0.4 is 15.7 Å². The standard InChI is InChI=1S/C13H13N3O5/c1-6-11(7(2)17)12(15-13(19)14-6)9-5-8(16(20)21)3-4-10(9)18/h3-5,12,18H,1-2H3,(H2,14,15,19)/p-1/t12-/m0/s1. The molecule has 1 heterocycles. The van der Waals surface area contributed by atoms with Crippen molar-refractivity contribution in [3.05, 3.63) is 45.1 Å². The zero-order valence-corrected chi connectivity index (χ0v) is 11.3. The smallest absolute Gasteiger partial charge is 0.319 e. The van der Waals surface area contributed by atoms with Gasteiger partial charge in [-0.25, -0.2) is 4.79 Å². The van der Waals surface area contributed by atoms with Gasteiger partial charge in [0.15, 0.2) is 5.78 Å². The molecule has 0 radical (unpaired) electrons. The van der Waals surface area contributed by atoms with E-state index in [1.54, 1.807) is 0 Å². The number of nitro groups is 1. The van der Waals surface area contributed by atoms with Gasteiger partial charge in [0.25, 0.3) is 5.69 Å². The number of nitrogens with zero attached hydrogens (tertiary/aromatic N) is 1. The summed E-state index contributed by atoms with van der Waals surface area (Å²) in [6, 6.07) is 1.64. The third-order valence-corrected chi connectivity index (χ3v) is 3.16. The van der Waals surface area contributed by atoms with Gasteiger partial charge in [-0.15, -0.1) is 5.75 Å². The lowest BCUT2D eigenvalue weighted by Gasteiger charge is -2.30. The van der Waals surface area contributed by atoms with E-state index in [9.17, 15) is 24.8 Å². The number of hydrogen-bond acceptors (Lipinski definition) is 5. The molecule has 1 aromatic rings. The summed E-state index contributed by atoms with van der Waals surface area (Å²) in [6.07, 6.45) is 0. The van der Waals surface area contributed by atoms with Crippen LogP contribution in [0.25, 0.3) is 0 Å². The molecule has 0 saturated heterocycles. The Morgan fingerprint density at radius 1 is 1.38 bits per heavy atom. The van der Waals surface area contributed by atoms with E-state index >= 15 is 0 Å². The molecule has 1 aliphatic heterocycles. The molecule has 0 aliphatic carbocycles. The summed E-state index contributed by atoms with van der Waals surface area (Å²) in [6.45, 7) is 2.83. The van der Waals surface area contributed by atoms with Gasteiger partial charge in [-0.05, 0) is 19.4 Å². The minimum absolute atomic E-state index is 0.0106. The number of rotatable bonds is 3. The summed E-state index contributed by atoms with van der Waals surface area (Å²) < 4.78 is 0. The Balaban J connectivity index is 2.60. The highest BCUT2D eigenvalue weighted by Crippen LogP contribution is 2.33. The third kappa shape index (κ3) is 2.69. The second kappa shape index (κ2) is 5.23. The fourth-order valence-electron chi connectivity index (χ4n) is 2.27. The molecule has 0 aromatic heterocycles. The van der Waals surface area contributed by atoms with Crippen molar-refractivity contribution >= 4 is 17.5 Å². The summed E-state index contributed by atoms with van der Waals surface area (Å²) in [4.78, 5) is 33.5. The van der Waals surface area contributed by atoms with Gasteiger partial charge in [0.1, 0.15) is 0 Å². The largest absolute Gasteiger partial charge is 0.872 e. The first-order valence-electron chi connectivity index (χ1n) is 6.06. The number of hydrogen-bond donors (Lipinski definition) is 2. The third-order valence-electron chi connectivity index (χ3n) is 3.16. The molecule has 1 aromatic carbocycles. The molecular weight excluding hydrogens is 278 g/mol. The zero-order chi connectivity index (χ0) is 15.7. The van der Waals surface area contributed by atoms with E-state index in [1.807, 2.05) is 0 Å². The lowest BCUT2D eigenvalue weighted by Crippen LogP contribution is -2.45. The number of nitrogens with one attached hydrogen (secondary N) is 2. The molecule has 2 rings (SSSR count). The van der Waals surface area contributed by atoms with E-state index < -0.39 is 22.7 Å². The molecular formula is C13H12N3O5-. The molecule has 0 unspecified atom stereocenters. The Bertz CT molecular complexity index is 680. The van der Waals surface area contributed by atoms with Gasteiger partial charge in [0.2, 0.25) is 0 Å². The number of carbonyl (C=O) groups is 2. The van der Waals surface area contributed by atoms with Crippen LogP contribution in [0.3, 0.4) is 0 Å². The monoisotopic (exact) mass is 290 g/mol. The van der Waals surface area contributed by atoms with Crippen LogP contribution >= 0.6 is 0 Å². The molecule has 0 saturated carbocycles. The fraction of sp³-hybridized carbons (Fsp3) is 0.231. The average Bonchev–Trinajstić information content (AvgIpc) is 2.37. The van der Waals surface area contributed by atoms with Crippen LogP contribution in [0.4, 0.5) is 10.5 Å². The summed E-state index contributed by atoms with van der Waals surface area (Å²) >= 11 is 0. The summed E-state index contributed by atoms with van der Waals surface area (Å²) in [7, 11) is 0. The van der Waals surface area contributed by atoms with Gasteiger partial charge in [-0.1, -0.05) is 6.07 Å². The quantitative estimate of drug-likeness (QED) is 0.631. The van der Waals surface area contributed by atoms with Gasteiger partial charge in [0.05, 0.1) is 11.0 Å². The first-order chi connectivity index (χ1) is 9.81. The van der Waals surface area contributed by atoms with E-state index in [0.29, 0.717) is 5.70 Å². The molecule has 8 nitrogen and oxygen atoms in total. The van der Waals surface area contributed by atoms with Gasteiger partial charge in [0, 0.05) is 23.4 Å². The molecule has 1 aliphatic rings. The number of benzene rings is 1. The second-order valence-electron chi connectivity index (χ2n) is 4.61. The molecule has 2 N–H and O–H groups in total. The van der Waals surface area contributed by atoms with Crippen LogP contribution in [0, 0.1) is 10.1 Å². The number of ketones is 1. The Morgan fingerprint density at radius 2 is 2.05 bits per heavy atom. The second-order valence-corrected chi connectivity index (χ2v) is 4.61. The summed E-state index contributed by atoms with van der Waals surface area (Å²) in [5, 5.41) is 27.7. The predicted molar refractivity (Wildman–Crippen MR) is 70.3 cm³/mol. The normalized spacial score (nSPS) is 18.0. The van der Waals surface area contributed by atoms with Crippen LogP contribution in [0.1, 0.15) is 25.5 Å². The van der Waals surface area contributed by atoms with Gasteiger partial charge >= 0.3 is 6.03 Å². The van der Waals surface area contributed by atoms with Crippen molar-refractivity contribution in [1.82, 2.24) is 10.6 Å². The van der Waals surface area contributed by atoms with Crippen molar-refractivity contribution in [2.24, 2.45) is 0 Å². The summed E-state index contributed by atoms with van der Waals surface area (Å²) in [5.74, 6) is -0.824. The number of nitro benzene ring substituents is 1. The topological polar surface area (TPSA) is 124 Å². The van der Waals surface area contributed by atoms with Crippen LogP contribution in [0.15, 0.2) is 29.5 Å². The molecule has 0 spiro atoms. The number of allylic oxidation sites excluding steroid dienone is 1. The highest BCUT2D eigenvalue weighted by atomic mass is 16.6. The SMILES string of the molecule is CC(=O)C1=C(C)NC(=O)N[C@H]1c1cc([N+](=O)[O-])ccc1[O-]. The van der Waals surface area contributed by atoms with Crippen molar-refractivity contribution in [2.45, 2.75) is 19.9 Å². The van der Waals surface area contributed by atoms with Crippen molar-refractivity contribution in [3.63, 3.8) is 0 Å². The van der Waals surface area contributed by atoms with E-state index in [4.69, 9.17) is 0 Å². The Labute approximate surface area is 119 Å². The van der Waals surface area contributed by atoms with Crippen LogP contribution in [-0.2, 0) is 4.79 Å². The minimum atomic E-state index is -0.997. The Kier molecular flexibility index (Phi) is 3.62. The van der Waals surface area contributed by atoms with Gasteiger partial charge in [-0.2, -0.15) is 0 Å². The van der Waals surface area contributed by atoms with Crippen LogP contribution in [0.5, 0.6) is 5.75 Å².